The van der Waals surface area contributed by atoms with Crippen LogP contribution in [0.5, 0.6) is 0 Å². The van der Waals surface area contributed by atoms with Gasteiger partial charge in [0.2, 0.25) is 0 Å². The summed E-state index contributed by atoms with van der Waals surface area (Å²) in [6, 6.07) is 0. The molecule has 0 aromatic carbocycles. The first-order valence-electron chi connectivity index (χ1n) is 1.33. The van der Waals surface area contributed by atoms with Gasteiger partial charge in [-0.2, -0.15) is 0 Å². The average molecular weight is 471 g/mol. The predicted molar refractivity (Wildman–Crippen MR) is 35.7 cm³/mol. The third-order valence-electron chi connectivity index (χ3n) is 0. The van der Waals surface area contributed by atoms with Gasteiger partial charge >= 0.3 is 51.2 Å². The van der Waals surface area contributed by atoms with E-state index in [1.54, 1.807) is 0 Å². The van der Waals surface area contributed by atoms with Crippen LogP contribution in [0.2, 0.25) is 0 Å². The van der Waals surface area contributed by atoms with Gasteiger partial charge in [-0.25, -0.2) is 0 Å². The summed E-state index contributed by atoms with van der Waals surface area (Å²) in [5, 5.41) is 0. The summed E-state index contributed by atoms with van der Waals surface area (Å²) in [5.41, 5.74) is 0. The van der Waals surface area contributed by atoms with Crippen LogP contribution >= 0.6 is 0 Å². The normalized spacial score (nSPS) is 6.44. The first kappa shape index (κ1) is 75.6. The number of hydrogen-bond donors (Lipinski definition) is 0. The molecule has 0 saturated carbocycles. The molecule has 0 amide bonds. The van der Waals surface area contributed by atoms with Crippen molar-refractivity contribution >= 4 is 20.8 Å². The maximum Gasteiger partial charge on any atom is 2.00 e. The van der Waals surface area contributed by atoms with Crippen LogP contribution in [-0.2, 0) is 72.0 Å². The summed E-state index contributed by atoms with van der Waals surface area (Å²) in [6.45, 7) is 0. The van der Waals surface area contributed by atoms with Crippen LogP contribution in [0, 0.1) is 0 Å². The Morgan fingerprint density at radius 1 is 0.500 bits per heavy atom. The standard InChI is InChI=1S/3Cu.2H2O4S.5H2O/c;;;2*1-5(2,3)4;;;;;/h;;;2*(H2,1,2,3,4);5*1H2/q3*+2;;;;;;;/p-6. The average Bonchev–Trinajstić information content (AvgIpc) is 1.12. The molecule has 8 N–H and O–H groups in total. The van der Waals surface area contributed by atoms with Crippen LogP contribution in [0.4, 0.5) is 0 Å². The quantitative estimate of drug-likeness (QED) is 0.183. The fourth-order valence-corrected chi connectivity index (χ4v) is 0. The largest absolute Gasteiger partial charge is 2.00 e. The zero-order valence-electron chi connectivity index (χ0n) is 7.38. The monoisotopic (exact) mass is 469 g/mol. The van der Waals surface area contributed by atoms with E-state index in [4.69, 9.17) is 35.0 Å². The zero-order valence-corrected chi connectivity index (χ0v) is 11.8. The predicted octanol–water partition coefficient (Wildman–Crippen LogP) is -5.51. The van der Waals surface area contributed by atoms with Gasteiger partial charge in [0, 0.05) is 20.8 Å². The molecule has 0 rings (SSSR count). The van der Waals surface area contributed by atoms with Crippen LogP contribution < -0.4 is 0 Å². The molecule has 0 aliphatic rings. The Hall–Kier alpha value is 1.10. The van der Waals surface area contributed by atoms with Crippen molar-refractivity contribution in [1.82, 2.24) is 0 Å². The molecule has 0 unspecified atom stereocenters. The van der Waals surface area contributed by atoms with Crippen molar-refractivity contribution in [3.63, 3.8) is 0 Å². The van der Waals surface area contributed by atoms with Crippen molar-refractivity contribution in [2.24, 2.45) is 0 Å². The minimum Gasteiger partial charge on any atom is -0.870 e. The minimum absolute atomic E-state index is 0. The molecule has 18 heteroatoms. The van der Waals surface area contributed by atoms with Gasteiger partial charge in [0.1, 0.15) is 0 Å². The summed E-state index contributed by atoms with van der Waals surface area (Å²) in [7, 11) is -10.3. The van der Waals surface area contributed by atoms with Crippen molar-refractivity contribution in [1.29, 1.82) is 0 Å². The molecule has 131 valence electrons. The molecule has 3 radical (unpaired) electrons. The van der Waals surface area contributed by atoms with Crippen molar-refractivity contribution < 1.29 is 114 Å². The third kappa shape index (κ3) is 3670. The molecule has 0 aromatic rings. The van der Waals surface area contributed by atoms with Gasteiger partial charge in [0.15, 0.2) is 0 Å². The molecule has 18 heavy (non-hydrogen) atoms. The SMILES string of the molecule is O.O.O.O=S(=O)([O-])[O-].O=S(=O)([O-])[O-].[Cu+2].[Cu+2].[Cu+2].[OH-].[OH-]. The van der Waals surface area contributed by atoms with E-state index in [1.807, 2.05) is 0 Å². The Kier molecular flexibility index (Phi) is 129. The van der Waals surface area contributed by atoms with Gasteiger partial charge in [0.05, 0.1) is 0 Å². The number of hydrogen-bond acceptors (Lipinski definition) is 10. The van der Waals surface area contributed by atoms with Crippen LogP contribution in [0.3, 0.4) is 0 Å². The van der Waals surface area contributed by atoms with E-state index >= 15 is 0 Å². The van der Waals surface area contributed by atoms with E-state index in [2.05, 4.69) is 0 Å². The molecule has 13 nitrogen and oxygen atoms in total. The van der Waals surface area contributed by atoms with Gasteiger partial charge in [-0.05, 0) is 0 Å². The van der Waals surface area contributed by atoms with Crippen molar-refractivity contribution in [2.75, 3.05) is 0 Å². The zero-order chi connectivity index (χ0) is 9.00. The van der Waals surface area contributed by atoms with Crippen LogP contribution in [-0.4, -0.2) is 62.4 Å². The summed E-state index contributed by atoms with van der Waals surface area (Å²) >= 11 is 0. The molecule has 0 spiro atoms. The van der Waals surface area contributed by atoms with E-state index in [0.717, 1.165) is 0 Å². The van der Waals surface area contributed by atoms with Gasteiger partial charge in [-0.15, -0.1) is 0 Å². The van der Waals surface area contributed by atoms with Crippen LogP contribution in [0.15, 0.2) is 0 Å². The van der Waals surface area contributed by atoms with Crippen LogP contribution in [0.1, 0.15) is 0 Å². The summed E-state index contributed by atoms with van der Waals surface area (Å²) in [6.07, 6.45) is 0. The van der Waals surface area contributed by atoms with E-state index in [0.29, 0.717) is 0 Å². The molecule has 0 atom stereocenters. The van der Waals surface area contributed by atoms with Gasteiger partial charge in [-0.3, -0.25) is 16.8 Å². The second-order valence-corrected chi connectivity index (χ2v) is 2.45. The second-order valence-electron chi connectivity index (χ2n) is 0.816. The molecule has 0 aromatic heterocycles. The Morgan fingerprint density at radius 3 is 0.500 bits per heavy atom. The molecule has 0 aliphatic carbocycles. The fourth-order valence-electron chi connectivity index (χ4n) is 0. The maximum absolute atomic E-state index is 8.52. The molecule has 0 saturated heterocycles. The van der Waals surface area contributed by atoms with Crippen molar-refractivity contribution in [3.8, 4) is 0 Å². The summed E-state index contributed by atoms with van der Waals surface area (Å²) < 4.78 is 68.2. The minimum atomic E-state index is -5.17. The Balaban J connectivity index is -0.00000000615. The molecule has 0 bridgehead atoms. The number of rotatable bonds is 0. The Morgan fingerprint density at radius 2 is 0.500 bits per heavy atom. The first-order chi connectivity index (χ1) is 4.00. The van der Waals surface area contributed by atoms with E-state index in [-0.39, 0.29) is 78.6 Å². The van der Waals surface area contributed by atoms with Gasteiger partial charge < -0.3 is 45.6 Å². The summed E-state index contributed by atoms with van der Waals surface area (Å²) in [4.78, 5) is 0. The fraction of sp³-hybridized carbons (Fsp3) is 0. The first-order valence-corrected chi connectivity index (χ1v) is 4.00. The van der Waals surface area contributed by atoms with Crippen LogP contribution in [0.25, 0.3) is 0 Å². The molecule has 0 fully saturated rings. The van der Waals surface area contributed by atoms with Gasteiger partial charge in [-0.1, -0.05) is 0 Å². The maximum atomic E-state index is 8.52. The Bertz CT molecular complexity index is 217. The summed E-state index contributed by atoms with van der Waals surface area (Å²) in [5.74, 6) is 0. The van der Waals surface area contributed by atoms with Crippen molar-refractivity contribution in [3.05, 3.63) is 0 Å². The molecule has 0 aliphatic heterocycles. The topological polar surface area (TPSA) is 315 Å². The van der Waals surface area contributed by atoms with E-state index in [1.165, 1.54) is 0 Å². The van der Waals surface area contributed by atoms with E-state index < -0.39 is 20.8 Å². The Labute approximate surface area is 134 Å². The molecular formula is H8Cu3O13S2. The van der Waals surface area contributed by atoms with Gasteiger partial charge in [0.25, 0.3) is 0 Å². The van der Waals surface area contributed by atoms with Crippen molar-refractivity contribution in [2.45, 2.75) is 0 Å². The third-order valence-corrected chi connectivity index (χ3v) is 0. The smallest absolute Gasteiger partial charge is 0.870 e. The van der Waals surface area contributed by atoms with E-state index in [9.17, 15) is 0 Å². The molecule has 0 heterocycles. The second kappa shape index (κ2) is 30.8. The molecular weight excluding hydrogens is 463 g/mol.